The summed E-state index contributed by atoms with van der Waals surface area (Å²) >= 11 is 0. The van der Waals surface area contributed by atoms with Crippen LogP contribution in [0.15, 0.2) is 48.5 Å². The first kappa shape index (κ1) is 13.3. The Morgan fingerprint density at radius 1 is 1.10 bits per heavy atom. The van der Waals surface area contributed by atoms with Crippen molar-refractivity contribution in [1.82, 2.24) is 4.98 Å². The van der Waals surface area contributed by atoms with Crippen LogP contribution in [-0.2, 0) is 0 Å². The number of methoxy groups -OCH3 is 1. The normalized spacial score (nSPS) is 10.6. The van der Waals surface area contributed by atoms with Crippen molar-refractivity contribution >= 4 is 16.7 Å². The SMILES string of the molecule is COc1ccc2nc(NN)c(-c3ccc(F)cc3)cc2c1. The Morgan fingerprint density at radius 3 is 2.52 bits per heavy atom. The summed E-state index contributed by atoms with van der Waals surface area (Å²) in [5.74, 6) is 6.57. The summed E-state index contributed by atoms with van der Waals surface area (Å²) in [4.78, 5) is 4.48. The zero-order valence-corrected chi connectivity index (χ0v) is 11.4. The number of pyridine rings is 1. The van der Waals surface area contributed by atoms with E-state index in [0.717, 1.165) is 27.8 Å². The third kappa shape index (κ3) is 2.51. The zero-order chi connectivity index (χ0) is 14.8. The van der Waals surface area contributed by atoms with E-state index in [4.69, 9.17) is 10.6 Å². The molecule has 3 aromatic rings. The van der Waals surface area contributed by atoms with E-state index in [2.05, 4.69) is 10.4 Å². The fourth-order valence-electron chi connectivity index (χ4n) is 2.24. The Kier molecular flexibility index (Phi) is 3.41. The van der Waals surface area contributed by atoms with Crippen molar-refractivity contribution in [2.45, 2.75) is 0 Å². The number of aromatic nitrogens is 1. The molecule has 4 nitrogen and oxygen atoms in total. The summed E-state index contributed by atoms with van der Waals surface area (Å²) in [6, 6.07) is 13.8. The van der Waals surface area contributed by atoms with Gasteiger partial charge in [-0.05, 0) is 42.0 Å². The Morgan fingerprint density at radius 2 is 1.86 bits per heavy atom. The molecule has 0 radical (unpaired) electrons. The highest BCUT2D eigenvalue weighted by Crippen LogP contribution is 2.31. The van der Waals surface area contributed by atoms with E-state index in [1.807, 2.05) is 24.3 Å². The van der Waals surface area contributed by atoms with E-state index in [1.54, 1.807) is 19.2 Å². The van der Waals surface area contributed by atoms with Crippen molar-refractivity contribution in [3.05, 3.63) is 54.3 Å². The van der Waals surface area contributed by atoms with E-state index in [9.17, 15) is 4.39 Å². The quantitative estimate of drug-likeness (QED) is 0.571. The number of halogens is 1. The van der Waals surface area contributed by atoms with Crippen LogP contribution in [0.3, 0.4) is 0 Å². The van der Waals surface area contributed by atoms with Gasteiger partial charge >= 0.3 is 0 Å². The summed E-state index contributed by atoms with van der Waals surface area (Å²) in [6.07, 6.45) is 0. The molecule has 0 aliphatic rings. The summed E-state index contributed by atoms with van der Waals surface area (Å²) in [5, 5.41) is 0.924. The molecule has 0 unspecified atom stereocenters. The number of hydrogen-bond donors (Lipinski definition) is 2. The highest BCUT2D eigenvalue weighted by atomic mass is 19.1. The maximum atomic E-state index is 13.1. The van der Waals surface area contributed by atoms with Crippen LogP contribution >= 0.6 is 0 Å². The van der Waals surface area contributed by atoms with Crippen molar-refractivity contribution in [3.63, 3.8) is 0 Å². The predicted octanol–water partition coefficient (Wildman–Crippen LogP) is 3.34. The third-order valence-corrected chi connectivity index (χ3v) is 3.31. The van der Waals surface area contributed by atoms with Crippen LogP contribution in [-0.4, -0.2) is 12.1 Å². The van der Waals surface area contributed by atoms with Gasteiger partial charge in [-0.25, -0.2) is 15.2 Å². The topological polar surface area (TPSA) is 60.2 Å². The smallest absolute Gasteiger partial charge is 0.148 e. The number of ether oxygens (including phenoxy) is 1. The second-order valence-electron chi connectivity index (χ2n) is 4.59. The van der Waals surface area contributed by atoms with Crippen LogP contribution in [0.1, 0.15) is 0 Å². The molecule has 0 spiro atoms. The Bertz CT molecular complexity index is 787. The molecule has 0 atom stereocenters. The van der Waals surface area contributed by atoms with E-state index in [1.165, 1.54) is 12.1 Å². The van der Waals surface area contributed by atoms with Gasteiger partial charge in [-0.15, -0.1) is 0 Å². The monoisotopic (exact) mass is 283 g/mol. The average Bonchev–Trinajstić information content (AvgIpc) is 2.53. The molecule has 2 aromatic carbocycles. The van der Waals surface area contributed by atoms with Crippen molar-refractivity contribution in [3.8, 4) is 16.9 Å². The first-order valence-electron chi connectivity index (χ1n) is 6.42. The number of hydrogen-bond acceptors (Lipinski definition) is 4. The van der Waals surface area contributed by atoms with E-state index in [-0.39, 0.29) is 5.82 Å². The summed E-state index contributed by atoms with van der Waals surface area (Å²) in [7, 11) is 1.62. The fourth-order valence-corrected chi connectivity index (χ4v) is 2.24. The molecule has 21 heavy (non-hydrogen) atoms. The lowest BCUT2D eigenvalue weighted by molar-refractivity contribution is 0.415. The summed E-state index contributed by atoms with van der Waals surface area (Å²) < 4.78 is 18.3. The largest absolute Gasteiger partial charge is 0.497 e. The molecule has 0 aliphatic heterocycles. The van der Waals surface area contributed by atoms with Gasteiger partial charge in [0.05, 0.1) is 12.6 Å². The van der Waals surface area contributed by atoms with Gasteiger partial charge in [0.2, 0.25) is 0 Å². The molecular formula is C16H14FN3O. The number of rotatable bonds is 3. The fraction of sp³-hybridized carbons (Fsp3) is 0.0625. The highest BCUT2D eigenvalue weighted by Gasteiger charge is 2.09. The third-order valence-electron chi connectivity index (χ3n) is 3.31. The minimum atomic E-state index is -0.281. The Hall–Kier alpha value is -2.66. The minimum Gasteiger partial charge on any atom is -0.497 e. The number of nitrogens with zero attached hydrogens (tertiary/aromatic N) is 1. The summed E-state index contributed by atoms with van der Waals surface area (Å²) in [5.41, 5.74) is 5.03. The number of hydrazine groups is 1. The van der Waals surface area contributed by atoms with Crippen LogP contribution in [0.25, 0.3) is 22.0 Å². The minimum absolute atomic E-state index is 0.281. The molecule has 3 rings (SSSR count). The van der Waals surface area contributed by atoms with Crippen LogP contribution in [0, 0.1) is 5.82 Å². The molecule has 106 valence electrons. The van der Waals surface area contributed by atoms with Gasteiger partial charge in [-0.1, -0.05) is 12.1 Å². The van der Waals surface area contributed by atoms with E-state index >= 15 is 0 Å². The van der Waals surface area contributed by atoms with Gasteiger partial charge in [0.15, 0.2) is 0 Å². The van der Waals surface area contributed by atoms with Crippen molar-refractivity contribution in [2.24, 2.45) is 5.84 Å². The van der Waals surface area contributed by atoms with Crippen molar-refractivity contribution in [2.75, 3.05) is 12.5 Å². The molecule has 0 aliphatic carbocycles. The van der Waals surface area contributed by atoms with Crippen LogP contribution < -0.4 is 16.0 Å². The number of nitrogens with two attached hydrogens (primary N) is 1. The first-order valence-corrected chi connectivity index (χ1v) is 6.42. The van der Waals surface area contributed by atoms with Crippen molar-refractivity contribution < 1.29 is 9.13 Å². The molecule has 0 bridgehead atoms. The number of nitrogen functional groups attached to an aromatic ring is 1. The molecule has 3 N–H and O–H groups in total. The maximum absolute atomic E-state index is 13.1. The van der Waals surface area contributed by atoms with Crippen LogP contribution in [0.2, 0.25) is 0 Å². The Labute approximate surface area is 121 Å². The molecule has 1 heterocycles. The van der Waals surface area contributed by atoms with Gasteiger partial charge in [0.1, 0.15) is 17.4 Å². The standard InChI is InChI=1S/C16H14FN3O/c1-21-13-6-7-15-11(8-13)9-14(16(19-15)20-18)10-2-4-12(17)5-3-10/h2-9H,18H2,1H3,(H,19,20). The number of anilines is 1. The lowest BCUT2D eigenvalue weighted by Gasteiger charge is -2.11. The molecule has 0 saturated carbocycles. The molecule has 1 aromatic heterocycles. The maximum Gasteiger partial charge on any atom is 0.148 e. The highest BCUT2D eigenvalue weighted by molar-refractivity contribution is 5.90. The molecule has 0 saturated heterocycles. The summed E-state index contributed by atoms with van der Waals surface area (Å²) in [6.45, 7) is 0. The van der Waals surface area contributed by atoms with E-state index in [0.29, 0.717) is 5.82 Å². The van der Waals surface area contributed by atoms with Gasteiger partial charge in [-0.2, -0.15) is 0 Å². The van der Waals surface area contributed by atoms with Crippen LogP contribution in [0.5, 0.6) is 5.75 Å². The van der Waals surface area contributed by atoms with Gasteiger partial charge in [0, 0.05) is 10.9 Å². The first-order chi connectivity index (χ1) is 10.2. The van der Waals surface area contributed by atoms with Crippen LogP contribution in [0.4, 0.5) is 10.2 Å². The van der Waals surface area contributed by atoms with E-state index < -0.39 is 0 Å². The predicted molar refractivity (Wildman–Crippen MR) is 81.5 cm³/mol. The number of benzene rings is 2. The second kappa shape index (κ2) is 5.38. The van der Waals surface area contributed by atoms with Gasteiger partial charge in [0.25, 0.3) is 0 Å². The second-order valence-corrected chi connectivity index (χ2v) is 4.59. The van der Waals surface area contributed by atoms with Crippen molar-refractivity contribution in [1.29, 1.82) is 0 Å². The molecular weight excluding hydrogens is 269 g/mol. The molecule has 5 heteroatoms. The Balaban J connectivity index is 2.21. The van der Waals surface area contributed by atoms with Gasteiger partial charge < -0.3 is 10.2 Å². The molecule has 0 fully saturated rings. The number of nitrogens with one attached hydrogen (secondary N) is 1. The lowest BCUT2D eigenvalue weighted by atomic mass is 10.0. The number of fused-ring (bicyclic) bond motifs is 1. The molecule has 0 amide bonds. The average molecular weight is 283 g/mol. The zero-order valence-electron chi connectivity index (χ0n) is 11.4. The lowest BCUT2D eigenvalue weighted by Crippen LogP contribution is -2.10. The van der Waals surface area contributed by atoms with Gasteiger partial charge in [-0.3, -0.25) is 0 Å².